The van der Waals surface area contributed by atoms with Crippen LogP contribution >= 0.6 is 0 Å². The molecule has 3 heterocycles. The first kappa shape index (κ1) is 23.2. The van der Waals surface area contributed by atoms with Gasteiger partial charge in [-0.3, -0.25) is 14.6 Å². The normalized spacial score (nSPS) is 15.3. The maximum atomic E-state index is 13.2. The lowest BCUT2D eigenvalue weighted by Crippen LogP contribution is -2.36. The van der Waals surface area contributed by atoms with Gasteiger partial charge in [-0.15, -0.1) is 0 Å². The number of benzene rings is 1. The lowest BCUT2D eigenvalue weighted by molar-refractivity contribution is -0.127. The summed E-state index contributed by atoms with van der Waals surface area (Å²) in [5, 5.41) is 4.06. The summed E-state index contributed by atoms with van der Waals surface area (Å²) in [6.07, 6.45) is 6.19. The number of carbonyl (C=O) groups excluding carboxylic acids is 2. The minimum Gasteiger partial charge on any atom is -0.493 e. The number of rotatable bonds is 9. The Morgan fingerprint density at radius 3 is 2.53 bits per heavy atom. The van der Waals surface area contributed by atoms with E-state index < -0.39 is 17.7 Å². The first-order chi connectivity index (χ1) is 16.5. The van der Waals surface area contributed by atoms with E-state index in [0.29, 0.717) is 48.4 Å². The van der Waals surface area contributed by atoms with Crippen molar-refractivity contribution >= 4 is 11.7 Å². The SMILES string of the molecule is COc1cc(C(=O)C(=O)N2CCC[C@H]2c2nc(CCc3cccnc3)no2)cc(OC)c1OC. The molecular formula is C24H26N4O6. The van der Waals surface area contributed by atoms with E-state index in [1.807, 2.05) is 12.1 Å². The molecule has 10 heteroatoms. The van der Waals surface area contributed by atoms with Crippen molar-refractivity contribution in [1.82, 2.24) is 20.0 Å². The molecule has 10 nitrogen and oxygen atoms in total. The van der Waals surface area contributed by atoms with E-state index in [0.717, 1.165) is 18.4 Å². The van der Waals surface area contributed by atoms with Crippen LogP contribution in [-0.4, -0.2) is 59.6 Å². The maximum absolute atomic E-state index is 13.2. The Kier molecular flexibility index (Phi) is 7.05. The molecule has 1 aliphatic rings. The molecule has 34 heavy (non-hydrogen) atoms. The fourth-order valence-electron chi connectivity index (χ4n) is 4.04. The van der Waals surface area contributed by atoms with Crippen LogP contribution in [0, 0.1) is 0 Å². The number of carbonyl (C=O) groups is 2. The second kappa shape index (κ2) is 10.3. The van der Waals surface area contributed by atoms with Gasteiger partial charge < -0.3 is 23.6 Å². The van der Waals surface area contributed by atoms with E-state index in [1.54, 1.807) is 12.4 Å². The molecule has 0 spiro atoms. The fourth-order valence-corrected chi connectivity index (χ4v) is 4.04. The number of amides is 1. The molecule has 3 aromatic rings. The molecule has 0 bridgehead atoms. The first-order valence-electron chi connectivity index (χ1n) is 10.9. The van der Waals surface area contributed by atoms with Crippen molar-refractivity contribution in [2.75, 3.05) is 27.9 Å². The second-order valence-electron chi connectivity index (χ2n) is 7.81. The monoisotopic (exact) mass is 466 g/mol. The molecule has 1 aliphatic heterocycles. The summed E-state index contributed by atoms with van der Waals surface area (Å²) in [7, 11) is 4.37. The van der Waals surface area contributed by atoms with Gasteiger partial charge in [0.05, 0.1) is 21.3 Å². The van der Waals surface area contributed by atoms with Gasteiger partial charge in [-0.05, 0) is 43.0 Å². The molecule has 178 valence electrons. The molecule has 2 aromatic heterocycles. The molecule has 0 aliphatic carbocycles. The van der Waals surface area contributed by atoms with E-state index in [9.17, 15) is 9.59 Å². The summed E-state index contributed by atoms with van der Waals surface area (Å²) in [5.74, 6) is 0.503. The van der Waals surface area contributed by atoms with Crippen LogP contribution in [0.15, 0.2) is 41.2 Å². The van der Waals surface area contributed by atoms with Crippen molar-refractivity contribution in [3.63, 3.8) is 0 Å². The first-order valence-corrected chi connectivity index (χ1v) is 10.9. The van der Waals surface area contributed by atoms with Crippen LogP contribution in [0.1, 0.15) is 46.5 Å². The van der Waals surface area contributed by atoms with Gasteiger partial charge in [-0.1, -0.05) is 11.2 Å². The Bertz CT molecular complexity index is 1140. The lowest BCUT2D eigenvalue weighted by Gasteiger charge is -2.21. The van der Waals surface area contributed by atoms with Gasteiger partial charge in [-0.25, -0.2) is 0 Å². The van der Waals surface area contributed by atoms with Crippen LogP contribution in [0.2, 0.25) is 0 Å². The van der Waals surface area contributed by atoms with Crippen LogP contribution in [-0.2, 0) is 17.6 Å². The smallest absolute Gasteiger partial charge is 0.295 e. The van der Waals surface area contributed by atoms with Crippen molar-refractivity contribution in [1.29, 1.82) is 0 Å². The van der Waals surface area contributed by atoms with Crippen LogP contribution in [0.3, 0.4) is 0 Å². The van der Waals surface area contributed by atoms with Crippen molar-refractivity contribution < 1.29 is 28.3 Å². The summed E-state index contributed by atoms with van der Waals surface area (Å²) < 4.78 is 21.4. The van der Waals surface area contributed by atoms with Crippen LogP contribution in [0.25, 0.3) is 0 Å². The van der Waals surface area contributed by atoms with Crippen molar-refractivity contribution in [2.24, 2.45) is 0 Å². The molecular weight excluding hydrogens is 440 g/mol. The minimum absolute atomic E-state index is 0.146. The van der Waals surface area contributed by atoms with Crippen LogP contribution < -0.4 is 14.2 Å². The van der Waals surface area contributed by atoms with E-state index in [1.165, 1.54) is 38.4 Å². The van der Waals surface area contributed by atoms with E-state index in [4.69, 9.17) is 18.7 Å². The molecule has 0 unspecified atom stereocenters. The zero-order chi connectivity index (χ0) is 24.1. The fraction of sp³-hybridized carbons (Fsp3) is 0.375. The van der Waals surface area contributed by atoms with E-state index in [-0.39, 0.29) is 5.56 Å². The maximum Gasteiger partial charge on any atom is 0.295 e. The highest BCUT2D eigenvalue weighted by Crippen LogP contribution is 2.39. The number of hydrogen-bond acceptors (Lipinski definition) is 9. The number of methoxy groups -OCH3 is 3. The number of ketones is 1. The topological polar surface area (TPSA) is 117 Å². The summed E-state index contributed by atoms with van der Waals surface area (Å²) >= 11 is 0. The summed E-state index contributed by atoms with van der Waals surface area (Å²) in [5.41, 5.74) is 1.22. The number of aryl methyl sites for hydroxylation is 2. The average molecular weight is 466 g/mol. The van der Waals surface area contributed by atoms with Gasteiger partial charge in [0.25, 0.3) is 11.7 Å². The van der Waals surface area contributed by atoms with E-state index >= 15 is 0 Å². The number of nitrogens with zero attached hydrogens (tertiary/aromatic N) is 4. The predicted octanol–water partition coefficient (Wildman–Crippen LogP) is 2.82. The van der Waals surface area contributed by atoms with Gasteiger partial charge in [0.2, 0.25) is 11.6 Å². The number of pyridine rings is 1. The number of hydrogen-bond donors (Lipinski definition) is 0. The van der Waals surface area contributed by atoms with Gasteiger partial charge in [0.15, 0.2) is 17.3 Å². The third-order valence-electron chi connectivity index (χ3n) is 5.76. The molecule has 1 aromatic carbocycles. The minimum atomic E-state index is -0.678. The average Bonchev–Trinajstić information content (AvgIpc) is 3.56. The molecule has 0 N–H and O–H groups in total. The molecule has 1 saturated heterocycles. The second-order valence-corrected chi connectivity index (χ2v) is 7.81. The third-order valence-corrected chi connectivity index (χ3v) is 5.76. The highest BCUT2D eigenvalue weighted by Gasteiger charge is 2.37. The number of Topliss-reactive ketones (excluding diaryl/α,β-unsaturated/α-hetero) is 1. The number of ether oxygens (including phenoxy) is 3. The summed E-state index contributed by atoms with van der Waals surface area (Å²) in [6.45, 7) is 0.424. The number of likely N-dealkylation sites (tertiary alicyclic amines) is 1. The van der Waals surface area contributed by atoms with Crippen molar-refractivity contribution in [3.05, 3.63) is 59.5 Å². The summed E-state index contributed by atoms with van der Waals surface area (Å²) in [6, 6.07) is 6.36. The van der Waals surface area contributed by atoms with Crippen LogP contribution in [0.4, 0.5) is 0 Å². The highest BCUT2D eigenvalue weighted by atomic mass is 16.5. The zero-order valence-electron chi connectivity index (χ0n) is 19.3. The quantitative estimate of drug-likeness (QED) is 0.346. The Morgan fingerprint density at radius 1 is 1.12 bits per heavy atom. The Balaban J connectivity index is 1.49. The largest absolute Gasteiger partial charge is 0.493 e. The molecule has 1 amide bonds. The standard InChI is InChI=1S/C24H26N4O6/c1-31-18-12-16(13-19(32-2)22(18)33-3)21(29)24(30)28-11-5-7-17(28)23-26-20(27-34-23)9-8-15-6-4-10-25-14-15/h4,6,10,12-14,17H,5,7-9,11H2,1-3H3/t17-/m0/s1. The Hall–Kier alpha value is -3.95. The van der Waals surface area contributed by atoms with Gasteiger partial charge in [0.1, 0.15) is 6.04 Å². The highest BCUT2D eigenvalue weighted by molar-refractivity contribution is 6.43. The third kappa shape index (κ3) is 4.70. The van der Waals surface area contributed by atoms with Crippen molar-refractivity contribution in [2.45, 2.75) is 31.7 Å². The number of aromatic nitrogens is 3. The molecule has 1 atom stereocenters. The molecule has 0 saturated carbocycles. The Morgan fingerprint density at radius 2 is 1.88 bits per heavy atom. The Labute approximate surface area is 196 Å². The molecule has 1 fully saturated rings. The van der Waals surface area contributed by atoms with Crippen LogP contribution in [0.5, 0.6) is 17.2 Å². The van der Waals surface area contributed by atoms with Gasteiger partial charge in [-0.2, -0.15) is 4.98 Å². The summed E-state index contributed by atoms with van der Waals surface area (Å²) in [4.78, 5) is 36.3. The van der Waals surface area contributed by atoms with Gasteiger partial charge in [0, 0.05) is 30.9 Å². The predicted molar refractivity (Wildman–Crippen MR) is 120 cm³/mol. The lowest BCUT2D eigenvalue weighted by atomic mass is 10.1. The van der Waals surface area contributed by atoms with E-state index in [2.05, 4.69) is 15.1 Å². The van der Waals surface area contributed by atoms with Crippen molar-refractivity contribution in [3.8, 4) is 17.2 Å². The molecule has 4 rings (SSSR count). The zero-order valence-corrected chi connectivity index (χ0v) is 19.3. The molecule has 0 radical (unpaired) electrons. The van der Waals surface area contributed by atoms with Gasteiger partial charge >= 0.3 is 0 Å².